The monoisotopic (exact) mass is 251 g/mol. The molecule has 2 atom stereocenters. The molecule has 0 amide bonds. The predicted molar refractivity (Wildman–Crippen MR) is 57.4 cm³/mol. The lowest BCUT2D eigenvalue weighted by Gasteiger charge is -2.30. The van der Waals surface area contributed by atoms with Crippen molar-refractivity contribution < 1.29 is 28.2 Å². The quantitative estimate of drug-likeness (QED) is 0.397. The van der Waals surface area contributed by atoms with Crippen LogP contribution in [0.5, 0.6) is 0 Å². The minimum Gasteiger partial charge on any atom is -0.756 e. The number of nitrogens with zero attached hydrogens (tertiary/aromatic N) is 1. The Bertz CT molecular complexity index is 314. The van der Waals surface area contributed by atoms with Gasteiger partial charge >= 0.3 is 0 Å². The second-order valence-electron chi connectivity index (χ2n) is 4.44. The molecule has 0 bridgehead atoms. The normalized spacial score (nSPS) is 18.4. The van der Waals surface area contributed by atoms with Crippen molar-refractivity contribution in [1.82, 2.24) is 0 Å². The first-order valence-corrected chi connectivity index (χ1v) is 6.24. The Morgan fingerprint density at radius 1 is 1.56 bits per heavy atom. The van der Waals surface area contributed by atoms with Gasteiger partial charge in [0.25, 0.3) is 7.82 Å². The molecular weight excluding hydrogens is 233 g/mol. The molecule has 0 heterocycles. The molecule has 0 fully saturated rings. The lowest BCUT2D eigenvalue weighted by molar-refractivity contribution is -0.872. The highest BCUT2D eigenvalue weighted by Gasteiger charge is 2.27. The molecule has 0 saturated carbocycles. The maximum Gasteiger partial charge on any atom is 0.266 e. The van der Waals surface area contributed by atoms with E-state index in [9.17, 15) is 14.3 Å². The van der Waals surface area contributed by atoms with Crippen LogP contribution in [-0.2, 0) is 13.9 Å². The van der Waals surface area contributed by atoms with Crippen LogP contribution in [0.15, 0.2) is 12.2 Å². The molecular formula is C9H18NO5P. The summed E-state index contributed by atoms with van der Waals surface area (Å²) in [5.41, 5.74) is 0. The highest BCUT2D eigenvalue weighted by atomic mass is 31.2. The maximum atomic E-state index is 11.5. The van der Waals surface area contributed by atoms with Crippen molar-refractivity contribution in [3.63, 3.8) is 0 Å². The molecule has 0 rings (SSSR count). The van der Waals surface area contributed by atoms with Gasteiger partial charge in [0, 0.05) is 0 Å². The molecule has 0 aromatic heterocycles. The number of phosphoric ester groups is 1. The molecule has 7 heteroatoms. The van der Waals surface area contributed by atoms with Gasteiger partial charge < -0.3 is 18.8 Å². The number of ketones is 1. The van der Waals surface area contributed by atoms with E-state index in [4.69, 9.17) is 4.89 Å². The summed E-state index contributed by atoms with van der Waals surface area (Å²) in [6.07, 6.45) is 1.52. The number of hydrogen-bond acceptors (Lipinski definition) is 4. The van der Waals surface area contributed by atoms with Gasteiger partial charge in [-0.05, 0) is 13.0 Å². The average molecular weight is 251 g/mol. The molecule has 0 aliphatic carbocycles. The first-order valence-electron chi connectivity index (χ1n) is 4.74. The van der Waals surface area contributed by atoms with Crippen molar-refractivity contribution in [1.29, 1.82) is 0 Å². The van der Waals surface area contributed by atoms with Crippen LogP contribution in [0.4, 0.5) is 0 Å². The molecule has 1 N–H and O–H groups in total. The molecule has 0 aromatic carbocycles. The highest BCUT2D eigenvalue weighted by Crippen LogP contribution is 2.33. The van der Waals surface area contributed by atoms with Crippen molar-refractivity contribution in [3.05, 3.63) is 12.2 Å². The zero-order valence-electron chi connectivity index (χ0n) is 9.91. The minimum absolute atomic E-state index is 0.149. The van der Waals surface area contributed by atoms with Crippen molar-refractivity contribution in [2.75, 3.05) is 27.7 Å². The van der Waals surface area contributed by atoms with Crippen molar-refractivity contribution in [2.45, 2.75) is 13.0 Å². The van der Waals surface area contributed by atoms with E-state index in [2.05, 4.69) is 4.52 Å². The molecule has 0 spiro atoms. The van der Waals surface area contributed by atoms with E-state index in [0.29, 0.717) is 4.48 Å². The first-order chi connectivity index (χ1) is 7.05. The van der Waals surface area contributed by atoms with Crippen molar-refractivity contribution in [3.8, 4) is 0 Å². The van der Waals surface area contributed by atoms with Crippen LogP contribution < -0.4 is 4.89 Å². The van der Waals surface area contributed by atoms with E-state index in [1.54, 1.807) is 28.1 Å². The van der Waals surface area contributed by atoms with Crippen LogP contribution in [0, 0.1) is 0 Å². The summed E-state index contributed by atoms with van der Waals surface area (Å²) in [5, 5.41) is 0. The molecule has 0 saturated heterocycles. The minimum atomic E-state index is -4.90. The zero-order valence-corrected chi connectivity index (χ0v) is 10.8. The van der Waals surface area contributed by atoms with Crippen LogP contribution in [0.25, 0.3) is 0 Å². The average Bonchev–Trinajstić information content (AvgIpc) is 1.97. The van der Waals surface area contributed by atoms with Gasteiger partial charge in [0.05, 0.1) is 21.1 Å². The summed E-state index contributed by atoms with van der Waals surface area (Å²) < 4.78 is 15.3. The first kappa shape index (κ1) is 15.5. The van der Waals surface area contributed by atoms with E-state index in [0.717, 1.165) is 0 Å². The van der Waals surface area contributed by atoms with Crippen molar-refractivity contribution >= 4 is 13.6 Å². The second kappa shape index (κ2) is 5.70. The van der Waals surface area contributed by atoms with Crippen molar-refractivity contribution in [2.24, 2.45) is 0 Å². The van der Waals surface area contributed by atoms with Crippen LogP contribution in [0.1, 0.15) is 6.92 Å². The topological polar surface area (TPSA) is 86.7 Å². The smallest absolute Gasteiger partial charge is 0.266 e. The second-order valence-corrected chi connectivity index (χ2v) is 5.59. The molecule has 0 radical (unpaired) electrons. The number of carbonyl (C=O) groups is 1. The van der Waals surface area contributed by atoms with E-state index in [-0.39, 0.29) is 6.54 Å². The highest BCUT2D eigenvalue weighted by molar-refractivity contribution is 7.44. The number of carbonyl (C=O) groups excluding carboxylic acids is 1. The Hall–Kier alpha value is -0.520. The van der Waals surface area contributed by atoms with Gasteiger partial charge in [-0.25, -0.2) is 0 Å². The number of allylic oxidation sites excluding steroid dienone is 1. The third kappa shape index (κ3) is 7.73. The fourth-order valence-corrected chi connectivity index (χ4v) is 1.60. The van der Waals surface area contributed by atoms with Gasteiger partial charge in [-0.1, -0.05) is 6.08 Å². The summed E-state index contributed by atoms with van der Waals surface area (Å²) in [6, 6.07) is 0. The standard InChI is InChI=1S/C9H18NO5P/c1-5-6-8(11)9(7-10(2,3)4)15-16(12,13)14/h5-6,9H,7H2,1-4H3,(H-,12,13,14). The van der Waals surface area contributed by atoms with Gasteiger partial charge in [-0.15, -0.1) is 0 Å². The van der Waals surface area contributed by atoms with E-state index in [1.807, 2.05) is 0 Å². The third-order valence-corrected chi connectivity index (χ3v) is 2.14. The molecule has 16 heavy (non-hydrogen) atoms. The number of hydrogen-bond donors (Lipinski definition) is 1. The number of phosphoric acid groups is 1. The Kier molecular flexibility index (Phi) is 5.52. The maximum absolute atomic E-state index is 11.5. The largest absolute Gasteiger partial charge is 0.756 e. The third-order valence-electron chi connectivity index (χ3n) is 1.62. The molecule has 0 aliphatic rings. The Morgan fingerprint density at radius 2 is 2.06 bits per heavy atom. The van der Waals surface area contributed by atoms with Gasteiger partial charge in [0.1, 0.15) is 6.54 Å². The van der Waals surface area contributed by atoms with Crippen LogP contribution in [0.3, 0.4) is 0 Å². The predicted octanol–water partition coefficient (Wildman–Crippen LogP) is -0.316. The summed E-state index contributed by atoms with van der Waals surface area (Å²) in [5.74, 6) is -0.485. The number of rotatable bonds is 6. The van der Waals surface area contributed by atoms with Gasteiger partial charge in [0.2, 0.25) is 0 Å². The van der Waals surface area contributed by atoms with Gasteiger partial charge in [-0.2, -0.15) is 0 Å². The fourth-order valence-electron chi connectivity index (χ4n) is 1.11. The summed E-state index contributed by atoms with van der Waals surface area (Å²) in [4.78, 5) is 30.7. The Balaban J connectivity index is 4.78. The lowest BCUT2D eigenvalue weighted by atomic mass is 10.2. The van der Waals surface area contributed by atoms with Crippen LogP contribution in [-0.4, -0.2) is 49.0 Å². The molecule has 0 aliphatic heterocycles. The van der Waals surface area contributed by atoms with E-state index in [1.165, 1.54) is 12.2 Å². The summed E-state index contributed by atoms with van der Waals surface area (Å²) >= 11 is 0. The molecule has 2 unspecified atom stereocenters. The van der Waals surface area contributed by atoms with E-state index >= 15 is 0 Å². The fraction of sp³-hybridized carbons (Fsp3) is 0.667. The lowest BCUT2D eigenvalue weighted by Crippen LogP contribution is -2.45. The summed E-state index contributed by atoms with van der Waals surface area (Å²) in [7, 11) is 0.452. The van der Waals surface area contributed by atoms with Gasteiger partial charge in [0.15, 0.2) is 11.9 Å². The summed E-state index contributed by atoms with van der Waals surface area (Å²) in [6.45, 7) is 1.78. The number of likely N-dealkylation sites (N-methyl/N-ethyl adjacent to an activating group) is 1. The molecule has 0 aromatic rings. The van der Waals surface area contributed by atoms with Crippen LogP contribution >= 0.6 is 7.82 Å². The molecule has 6 nitrogen and oxygen atoms in total. The SMILES string of the molecule is CC=CC(=O)C(C[N+](C)(C)C)OP(=O)([O-])O. The molecule has 94 valence electrons. The Labute approximate surface area is 95.4 Å². The van der Waals surface area contributed by atoms with Crippen LogP contribution in [0.2, 0.25) is 0 Å². The van der Waals surface area contributed by atoms with E-state index < -0.39 is 19.7 Å². The zero-order chi connectivity index (χ0) is 13.0. The number of quaternary nitrogens is 1. The Morgan fingerprint density at radius 3 is 2.38 bits per heavy atom. The van der Waals surface area contributed by atoms with Gasteiger partial charge in [-0.3, -0.25) is 9.36 Å².